The summed E-state index contributed by atoms with van der Waals surface area (Å²) < 4.78 is 32.2. The van der Waals surface area contributed by atoms with E-state index in [2.05, 4.69) is 5.32 Å². The zero-order valence-electron chi connectivity index (χ0n) is 18.0. The van der Waals surface area contributed by atoms with Gasteiger partial charge < -0.3 is 10.1 Å². The summed E-state index contributed by atoms with van der Waals surface area (Å²) in [5.74, 6) is 0.299. The molecule has 1 unspecified atom stereocenters. The summed E-state index contributed by atoms with van der Waals surface area (Å²) in [6, 6.07) is 20.5. The number of ether oxygens (including phenoxy) is 1. The summed E-state index contributed by atoms with van der Waals surface area (Å²) in [6.45, 7) is 3.92. The molecule has 6 nitrogen and oxygen atoms in total. The van der Waals surface area contributed by atoms with Crippen molar-refractivity contribution in [1.29, 1.82) is 0 Å². The van der Waals surface area contributed by atoms with Gasteiger partial charge in [0.1, 0.15) is 5.75 Å². The third-order valence-corrected chi connectivity index (χ3v) is 6.91. The molecule has 0 bridgehead atoms. The molecule has 1 N–H and O–H groups in total. The summed E-state index contributed by atoms with van der Waals surface area (Å²) >= 11 is 0. The first-order valence-electron chi connectivity index (χ1n) is 9.83. The second kappa shape index (κ2) is 9.22. The minimum atomic E-state index is -3.78. The number of carbonyl (C=O) groups is 1. The summed E-state index contributed by atoms with van der Waals surface area (Å²) in [7, 11) is -0.800. The molecule has 3 rings (SSSR count). The van der Waals surface area contributed by atoms with E-state index in [4.69, 9.17) is 4.74 Å². The zero-order valence-corrected chi connectivity index (χ0v) is 18.8. The Morgan fingerprint density at radius 3 is 2.26 bits per heavy atom. The number of nitrogens with one attached hydrogen (secondary N) is 1. The maximum Gasteiger partial charge on any atom is 0.264 e. The molecule has 0 heterocycles. The number of carbonyl (C=O) groups excluding carboxylic acids is 1. The molecule has 0 saturated heterocycles. The van der Waals surface area contributed by atoms with Crippen LogP contribution in [0.3, 0.4) is 0 Å². The van der Waals surface area contributed by atoms with Crippen LogP contribution in [0.25, 0.3) is 0 Å². The maximum atomic E-state index is 13.0. The Bertz CT molecular complexity index is 1160. The highest BCUT2D eigenvalue weighted by molar-refractivity contribution is 7.92. The van der Waals surface area contributed by atoms with Crippen molar-refractivity contribution in [3.05, 3.63) is 89.5 Å². The van der Waals surface area contributed by atoms with Gasteiger partial charge in [-0.25, -0.2) is 8.42 Å². The fourth-order valence-electron chi connectivity index (χ4n) is 3.11. The fourth-order valence-corrected chi connectivity index (χ4v) is 4.29. The summed E-state index contributed by atoms with van der Waals surface area (Å²) in [6.07, 6.45) is 0. The summed E-state index contributed by atoms with van der Waals surface area (Å²) in [4.78, 5) is 12.9. The van der Waals surface area contributed by atoms with E-state index in [1.165, 1.54) is 26.3 Å². The Morgan fingerprint density at radius 2 is 1.65 bits per heavy atom. The van der Waals surface area contributed by atoms with Crippen LogP contribution in [-0.2, 0) is 10.0 Å². The number of rotatable bonds is 7. The third kappa shape index (κ3) is 5.06. The zero-order chi connectivity index (χ0) is 22.6. The molecule has 0 fully saturated rings. The standard InChI is InChI=1S/C24H26N2O4S/c1-17-8-10-19(11-9-17)18(2)25-24(27)20-6-5-7-21(16-20)26(3)31(28,29)23-14-12-22(30-4)13-15-23/h5-16,18H,1-4H3,(H,25,27). The molecular weight excluding hydrogens is 412 g/mol. The molecule has 0 aliphatic heterocycles. The van der Waals surface area contributed by atoms with Crippen molar-refractivity contribution >= 4 is 21.6 Å². The first-order valence-corrected chi connectivity index (χ1v) is 11.3. The number of hydrogen-bond donors (Lipinski definition) is 1. The molecule has 1 atom stereocenters. The van der Waals surface area contributed by atoms with Gasteiger partial charge in [-0.3, -0.25) is 9.10 Å². The number of methoxy groups -OCH3 is 1. The van der Waals surface area contributed by atoms with E-state index in [0.29, 0.717) is 17.0 Å². The van der Waals surface area contributed by atoms with Crippen molar-refractivity contribution in [2.75, 3.05) is 18.5 Å². The third-order valence-electron chi connectivity index (χ3n) is 5.11. The van der Waals surface area contributed by atoms with Gasteiger partial charge in [-0.2, -0.15) is 0 Å². The quantitative estimate of drug-likeness (QED) is 0.596. The van der Waals surface area contributed by atoms with E-state index in [0.717, 1.165) is 15.4 Å². The number of amides is 1. The molecule has 162 valence electrons. The summed E-state index contributed by atoms with van der Waals surface area (Å²) in [5.41, 5.74) is 2.92. The Kier molecular flexibility index (Phi) is 6.65. The summed E-state index contributed by atoms with van der Waals surface area (Å²) in [5, 5.41) is 2.96. The van der Waals surface area contributed by atoms with Crippen molar-refractivity contribution in [2.24, 2.45) is 0 Å². The van der Waals surface area contributed by atoms with E-state index in [1.807, 2.05) is 38.1 Å². The fraction of sp³-hybridized carbons (Fsp3) is 0.208. The van der Waals surface area contributed by atoms with Gasteiger partial charge in [0.05, 0.1) is 23.7 Å². The molecule has 0 aliphatic rings. The average molecular weight is 439 g/mol. The van der Waals surface area contributed by atoms with Gasteiger partial charge in [-0.15, -0.1) is 0 Å². The van der Waals surface area contributed by atoms with Crippen molar-refractivity contribution < 1.29 is 17.9 Å². The largest absolute Gasteiger partial charge is 0.497 e. The second-order valence-corrected chi connectivity index (χ2v) is 9.27. The molecular formula is C24H26N2O4S. The molecule has 0 aliphatic carbocycles. The predicted octanol–water partition coefficient (Wildman–Crippen LogP) is 4.32. The van der Waals surface area contributed by atoms with Gasteiger partial charge in [0.25, 0.3) is 15.9 Å². The normalized spacial score (nSPS) is 12.1. The Balaban J connectivity index is 1.79. The topological polar surface area (TPSA) is 75.7 Å². The minimum absolute atomic E-state index is 0.138. The number of anilines is 1. The van der Waals surface area contributed by atoms with E-state index in [-0.39, 0.29) is 16.8 Å². The molecule has 0 radical (unpaired) electrons. The van der Waals surface area contributed by atoms with Crippen molar-refractivity contribution in [3.63, 3.8) is 0 Å². The lowest BCUT2D eigenvalue weighted by molar-refractivity contribution is 0.0940. The van der Waals surface area contributed by atoms with Crippen LogP contribution < -0.4 is 14.4 Å². The first kappa shape index (κ1) is 22.4. The van der Waals surface area contributed by atoms with Crippen LogP contribution in [0.15, 0.2) is 77.7 Å². The van der Waals surface area contributed by atoms with E-state index in [9.17, 15) is 13.2 Å². The lowest BCUT2D eigenvalue weighted by Crippen LogP contribution is -2.28. The van der Waals surface area contributed by atoms with Gasteiger partial charge in [0, 0.05) is 12.6 Å². The smallest absolute Gasteiger partial charge is 0.264 e. The van der Waals surface area contributed by atoms with Gasteiger partial charge in [0.15, 0.2) is 0 Å². The van der Waals surface area contributed by atoms with Crippen LogP contribution in [0.4, 0.5) is 5.69 Å². The van der Waals surface area contributed by atoms with Gasteiger partial charge >= 0.3 is 0 Å². The highest BCUT2D eigenvalue weighted by Gasteiger charge is 2.22. The number of aryl methyl sites for hydroxylation is 1. The number of sulfonamides is 1. The highest BCUT2D eigenvalue weighted by atomic mass is 32.2. The lowest BCUT2D eigenvalue weighted by atomic mass is 10.1. The van der Waals surface area contributed by atoms with Gasteiger partial charge in [0.2, 0.25) is 0 Å². The van der Waals surface area contributed by atoms with Crippen molar-refractivity contribution in [2.45, 2.75) is 24.8 Å². The second-order valence-electron chi connectivity index (χ2n) is 7.30. The predicted molar refractivity (Wildman–Crippen MR) is 122 cm³/mol. The van der Waals surface area contributed by atoms with Crippen molar-refractivity contribution in [3.8, 4) is 5.75 Å². The van der Waals surface area contributed by atoms with E-state index >= 15 is 0 Å². The molecule has 31 heavy (non-hydrogen) atoms. The number of hydrogen-bond acceptors (Lipinski definition) is 4. The van der Waals surface area contributed by atoms with E-state index in [1.54, 1.807) is 36.4 Å². The van der Waals surface area contributed by atoms with Gasteiger partial charge in [-0.05, 0) is 61.9 Å². The van der Waals surface area contributed by atoms with Crippen LogP contribution in [0, 0.1) is 6.92 Å². The molecule has 0 spiro atoms. The van der Waals surface area contributed by atoms with Crippen LogP contribution in [0.5, 0.6) is 5.75 Å². The molecule has 1 amide bonds. The monoisotopic (exact) mass is 438 g/mol. The van der Waals surface area contributed by atoms with E-state index < -0.39 is 10.0 Å². The highest BCUT2D eigenvalue weighted by Crippen LogP contribution is 2.25. The van der Waals surface area contributed by atoms with Gasteiger partial charge in [-0.1, -0.05) is 35.9 Å². The van der Waals surface area contributed by atoms with Crippen LogP contribution in [-0.4, -0.2) is 28.5 Å². The molecule has 0 saturated carbocycles. The van der Waals surface area contributed by atoms with Crippen molar-refractivity contribution in [1.82, 2.24) is 5.32 Å². The Hall–Kier alpha value is -3.32. The van der Waals surface area contributed by atoms with Crippen LogP contribution >= 0.6 is 0 Å². The first-order chi connectivity index (χ1) is 14.7. The lowest BCUT2D eigenvalue weighted by Gasteiger charge is -2.21. The molecule has 3 aromatic rings. The number of nitrogens with zero attached hydrogens (tertiary/aromatic N) is 1. The van der Waals surface area contributed by atoms with Crippen LogP contribution in [0.1, 0.15) is 34.5 Å². The Morgan fingerprint density at radius 1 is 1.00 bits per heavy atom. The number of benzene rings is 3. The molecule has 3 aromatic carbocycles. The SMILES string of the molecule is COc1ccc(S(=O)(=O)N(C)c2cccc(C(=O)NC(C)c3ccc(C)cc3)c2)cc1. The average Bonchev–Trinajstić information content (AvgIpc) is 2.79. The van der Waals surface area contributed by atoms with Crippen LogP contribution in [0.2, 0.25) is 0 Å². The Labute approximate surface area is 183 Å². The molecule has 0 aromatic heterocycles. The molecule has 7 heteroatoms. The maximum absolute atomic E-state index is 13.0. The minimum Gasteiger partial charge on any atom is -0.497 e.